The highest BCUT2D eigenvalue weighted by Crippen LogP contribution is 2.54. The minimum Gasteiger partial charge on any atom is -0.310 e. The van der Waals surface area contributed by atoms with Crippen molar-refractivity contribution in [1.82, 2.24) is 9.13 Å². The minimum absolute atomic E-state index is 1.03. The first-order valence-electron chi connectivity index (χ1n) is 42.1. The van der Waals surface area contributed by atoms with Crippen molar-refractivity contribution < 1.29 is 0 Å². The summed E-state index contributed by atoms with van der Waals surface area (Å²) >= 11 is 0. The van der Waals surface area contributed by atoms with E-state index in [2.05, 4.69) is 493 Å². The second kappa shape index (κ2) is 30.3. The van der Waals surface area contributed by atoms with Gasteiger partial charge in [0, 0.05) is 100.0 Å². The van der Waals surface area contributed by atoms with Gasteiger partial charge in [0.1, 0.15) is 0 Å². The SMILES string of the molecule is Cc1ccc(N(c2ccccc2)c2cc3c(c4ccccc24)c2c4ccccc4c(N(c4ccc(C)cc4)c4cccc(-c5cccc(N(c6ccccc6C)c6cc7c(c8ccccc68)c6c8ccccc8c(N(c8ccccc8)c8ccccc8C)cc6n7-c6ccc(-c7ccccc7)cc6)c5)c4)cc2n3-c2ccc(-c3ccccc3)cc2)cc1. The summed E-state index contributed by atoms with van der Waals surface area (Å²) < 4.78 is 5.08. The van der Waals surface area contributed by atoms with Gasteiger partial charge in [-0.25, -0.2) is 0 Å². The van der Waals surface area contributed by atoms with Crippen molar-refractivity contribution in [2.75, 3.05) is 19.6 Å². The molecule has 0 aliphatic heterocycles. The molecule has 0 saturated carbocycles. The maximum Gasteiger partial charge on any atom is 0.0568 e. The largest absolute Gasteiger partial charge is 0.310 e. The van der Waals surface area contributed by atoms with Gasteiger partial charge in [0.2, 0.25) is 0 Å². The number of hydrogen-bond acceptors (Lipinski definition) is 4. The number of aromatic nitrogens is 2. The van der Waals surface area contributed by atoms with Crippen LogP contribution in [0.15, 0.2) is 437 Å². The van der Waals surface area contributed by atoms with Gasteiger partial charge in [0.15, 0.2) is 0 Å². The molecule has 20 aromatic carbocycles. The first kappa shape index (κ1) is 72.7. The van der Waals surface area contributed by atoms with E-state index in [1.807, 2.05) is 0 Å². The Kier molecular flexibility index (Phi) is 18.1. The van der Waals surface area contributed by atoms with Crippen molar-refractivity contribution in [2.45, 2.75) is 27.7 Å². The third-order valence-corrected chi connectivity index (χ3v) is 24.8. The summed E-state index contributed by atoms with van der Waals surface area (Å²) in [4.78, 5) is 9.91. The average Bonchev–Trinajstić information content (AvgIpc) is 1.54. The molecule has 0 atom stereocenters. The highest BCUT2D eigenvalue weighted by atomic mass is 15.2. The average molecular weight is 1560 g/mol. The van der Waals surface area contributed by atoms with E-state index in [-0.39, 0.29) is 0 Å². The van der Waals surface area contributed by atoms with Crippen molar-refractivity contribution in [3.8, 4) is 44.8 Å². The highest BCUT2D eigenvalue weighted by Gasteiger charge is 2.30. The van der Waals surface area contributed by atoms with E-state index < -0.39 is 0 Å². The van der Waals surface area contributed by atoms with E-state index >= 15 is 0 Å². The first-order chi connectivity index (χ1) is 60.2. The molecule has 2 aromatic heterocycles. The highest BCUT2D eigenvalue weighted by molar-refractivity contribution is 6.34. The molecule has 0 fully saturated rings. The van der Waals surface area contributed by atoms with E-state index in [0.717, 1.165) is 162 Å². The summed E-state index contributed by atoms with van der Waals surface area (Å²) in [7, 11) is 0. The molecule has 0 amide bonds. The molecule has 22 rings (SSSR count). The Morgan fingerprint density at radius 3 is 0.762 bits per heavy atom. The van der Waals surface area contributed by atoms with Gasteiger partial charge in [0.25, 0.3) is 0 Å². The quantitative estimate of drug-likeness (QED) is 0.0906. The van der Waals surface area contributed by atoms with Gasteiger partial charge in [-0.2, -0.15) is 0 Å². The Balaban J connectivity index is 0.753. The zero-order chi connectivity index (χ0) is 81.5. The fourth-order valence-electron chi connectivity index (χ4n) is 19.0. The van der Waals surface area contributed by atoms with Crippen LogP contribution in [-0.4, -0.2) is 9.13 Å². The molecule has 2 heterocycles. The summed E-state index contributed by atoms with van der Waals surface area (Å²) in [5, 5.41) is 14.1. The third kappa shape index (κ3) is 12.5. The second-order valence-electron chi connectivity index (χ2n) is 32.2. The van der Waals surface area contributed by atoms with Gasteiger partial charge in [-0.3, -0.25) is 0 Å². The lowest BCUT2D eigenvalue weighted by Gasteiger charge is -2.29. The predicted octanol–water partition coefficient (Wildman–Crippen LogP) is 32.6. The molecule has 6 heteroatoms. The lowest BCUT2D eigenvalue weighted by molar-refractivity contribution is 1.17. The van der Waals surface area contributed by atoms with Crippen LogP contribution < -0.4 is 19.6 Å². The first-order valence-corrected chi connectivity index (χ1v) is 42.1. The number of rotatable bonds is 17. The standard InChI is InChI=1S/C116H84N6/c1-77-55-63-89(64-56-77)117(87-39-13-7-14-40-87)105-73-109-113(99-49-23-19-45-95(99)105)114-100-50-24-20-46-96(100)106(74-110(114)120(109)91-67-59-83(60-68-91)81-33-9-5-10-34-81)118(90-65-57-78(2)58-66-90)93-43-29-37-85(71-93)86-38-30-44-94(72-86)122(104-54-28-18-32-80(104)4)108-76-112-116(102-52-26-22-48-98(102)108)115-101-51-25-21-47-97(101)107(119(88-41-15-8-16-42-88)103-53-27-17-31-79(103)3)75-111(115)121(112)92-69-61-84(62-70-92)82-35-11-6-12-36-82/h5-76H,1-4H3. The number of nitrogens with zero attached hydrogens (tertiary/aromatic N) is 6. The van der Waals surface area contributed by atoms with Crippen LogP contribution in [0, 0.1) is 27.7 Å². The number of benzene rings is 20. The zero-order valence-corrected chi connectivity index (χ0v) is 68.3. The Morgan fingerprint density at radius 1 is 0.164 bits per heavy atom. The van der Waals surface area contributed by atoms with Crippen LogP contribution in [0.3, 0.4) is 0 Å². The third-order valence-electron chi connectivity index (χ3n) is 24.8. The van der Waals surface area contributed by atoms with E-state index in [1.165, 1.54) is 60.1 Å². The molecule has 122 heavy (non-hydrogen) atoms. The molecule has 0 N–H and O–H groups in total. The minimum atomic E-state index is 1.03. The molecule has 0 bridgehead atoms. The van der Waals surface area contributed by atoms with Gasteiger partial charge in [0.05, 0.1) is 44.8 Å². The van der Waals surface area contributed by atoms with Gasteiger partial charge in [-0.05, 0) is 227 Å². The number of hydrogen-bond donors (Lipinski definition) is 0. The summed E-state index contributed by atoms with van der Waals surface area (Å²) in [5.41, 5.74) is 31.0. The van der Waals surface area contributed by atoms with Gasteiger partial charge >= 0.3 is 0 Å². The van der Waals surface area contributed by atoms with Crippen LogP contribution in [0.1, 0.15) is 22.3 Å². The van der Waals surface area contributed by atoms with Crippen LogP contribution in [0.2, 0.25) is 0 Å². The van der Waals surface area contributed by atoms with Crippen molar-refractivity contribution in [3.63, 3.8) is 0 Å². The second-order valence-corrected chi connectivity index (χ2v) is 32.2. The molecule has 578 valence electrons. The lowest BCUT2D eigenvalue weighted by Crippen LogP contribution is -2.12. The maximum atomic E-state index is 2.54. The number of para-hydroxylation sites is 4. The molecular formula is C116H84N6. The summed E-state index contributed by atoms with van der Waals surface area (Å²) in [6, 6.07) is 162. The van der Waals surface area contributed by atoms with Crippen molar-refractivity contribution >= 4 is 155 Å². The molecule has 22 aromatic rings. The Labute approximate surface area is 710 Å². The molecule has 0 saturated heterocycles. The van der Waals surface area contributed by atoms with E-state index in [0.29, 0.717) is 0 Å². The van der Waals surface area contributed by atoms with E-state index in [9.17, 15) is 0 Å². The number of anilines is 12. The number of aryl methyl sites for hydroxylation is 4. The summed E-state index contributed by atoms with van der Waals surface area (Å²) in [6.45, 7) is 8.80. The predicted molar refractivity (Wildman–Crippen MR) is 519 cm³/mol. The van der Waals surface area contributed by atoms with E-state index in [4.69, 9.17) is 0 Å². The zero-order valence-electron chi connectivity index (χ0n) is 68.3. The summed E-state index contributed by atoms with van der Waals surface area (Å²) in [5.74, 6) is 0. The fraction of sp³-hybridized carbons (Fsp3) is 0.0345. The lowest BCUT2D eigenvalue weighted by atomic mass is 9.96. The van der Waals surface area contributed by atoms with Crippen molar-refractivity contribution in [3.05, 3.63) is 459 Å². The monoisotopic (exact) mass is 1560 g/mol. The van der Waals surface area contributed by atoms with Crippen LogP contribution in [0.4, 0.5) is 68.2 Å². The number of fused-ring (bicyclic) bond motifs is 14. The normalized spacial score (nSPS) is 11.6. The van der Waals surface area contributed by atoms with Gasteiger partial charge in [-0.1, -0.05) is 314 Å². The van der Waals surface area contributed by atoms with Crippen LogP contribution >= 0.6 is 0 Å². The Hall–Kier alpha value is -15.8. The van der Waals surface area contributed by atoms with Crippen molar-refractivity contribution in [2.24, 2.45) is 0 Å². The topological polar surface area (TPSA) is 22.8 Å². The molecule has 0 unspecified atom stereocenters. The Morgan fingerprint density at radius 2 is 0.410 bits per heavy atom. The van der Waals surface area contributed by atoms with Crippen LogP contribution in [0.25, 0.3) is 131 Å². The molecule has 6 nitrogen and oxygen atoms in total. The molecular weight excluding hydrogens is 1480 g/mol. The van der Waals surface area contributed by atoms with Crippen LogP contribution in [0.5, 0.6) is 0 Å². The Bertz CT molecular complexity index is 7770. The fourth-order valence-corrected chi connectivity index (χ4v) is 19.0. The van der Waals surface area contributed by atoms with Crippen molar-refractivity contribution in [1.29, 1.82) is 0 Å². The van der Waals surface area contributed by atoms with Gasteiger partial charge in [-0.15, -0.1) is 0 Å². The summed E-state index contributed by atoms with van der Waals surface area (Å²) in [6.07, 6.45) is 0. The maximum absolute atomic E-state index is 2.54. The van der Waals surface area contributed by atoms with E-state index in [1.54, 1.807) is 0 Å². The molecule has 0 aliphatic rings. The smallest absolute Gasteiger partial charge is 0.0568 e. The van der Waals surface area contributed by atoms with Gasteiger partial charge < -0.3 is 28.7 Å². The molecule has 0 radical (unpaired) electrons. The molecule has 0 aliphatic carbocycles. The molecule has 0 spiro atoms. The van der Waals surface area contributed by atoms with Crippen LogP contribution in [-0.2, 0) is 0 Å².